The van der Waals surface area contributed by atoms with Crippen molar-refractivity contribution < 1.29 is 9.53 Å². The quantitative estimate of drug-likeness (QED) is 0.781. The third-order valence-electron chi connectivity index (χ3n) is 3.68. The average molecular weight is 291 g/mol. The van der Waals surface area contributed by atoms with E-state index in [-0.39, 0.29) is 11.7 Å². The van der Waals surface area contributed by atoms with Gasteiger partial charge in [-0.2, -0.15) is 5.10 Å². The Morgan fingerprint density at radius 3 is 2.67 bits per heavy atom. The van der Waals surface area contributed by atoms with E-state index in [9.17, 15) is 4.79 Å². The van der Waals surface area contributed by atoms with Crippen molar-refractivity contribution in [2.45, 2.75) is 39.2 Å². The number of ketones is 1. The minimum absolute atomic E-state index is 0.136. The van der Waals surface area contributed by atoms with Gasteiger partial charge in [0.05, 0.1) is 30.1 Å². The molecular weight excluding hydrogens is 266 g/mol. The fraction of sp³-hybridized carbons (Fsp3) is 0.625. The Balaban J connectivity index is 2.45. The molecule has 0 bridgehead atoms. The van der Waals surface area contributed by atoms with Crippen LogP contribution in [0.3, 0.4) is 0 Å². The summed E-state index contributed by atoms with van der Waals surface area (Å²) in [5.41, 5.74) is 3.67. The summed E-state index contributed by atoms with van der Waals surface area (Å²) in [6, 6.07) is 0. The molecule has 0 spiro atoms. The molecule has 0 fully saturated rings. The second-order valence-electron chi connectivity index (χ2n) is 6.02. The van der Waals surface area contributed by atoms with Gasteiger partial charge >= 0.3 is 0 Å². The minimum atomic E-state index is 0.136. The van der Waals surface area contributed by atoms with Crippen LogP contribution < -0.4 is 0 Å². The standard InChI is InChI=1S/C16H25N3O2/c1-11(2)15-14-13(17-19(15)8-9-21-5)7-6-12(16(14)20)10-18(3)4/h10-11H,6-9H2,1-5H3/b12-10+. The molecule has 1 aliphatic rings. The molecule has 0 unspecified atom stereocenters. The van der Waals surface area contributed by atoms with Crippen molar-refractivity contribution in [3.05, 3.63) is 28.7 Å². The SMILES string of the molecule is COCCn1nc2c(c1C(C)C)C(=O)/C(=C/N(C)C)CC2. The molecule has 1 aliphatic carbocycles. The summed E-state index contributed by atoms with van der Waals surface area (Å²) in [7, 11) is 5.57. The molecule has 116 valence electrons. The highest BCUT2D eigenvalue weighted by Gasteiger charge is 2.30. The predicted octanol–water partition coefficient (Wildman–Crippen LogP) is 2.23. The van der Waals surface area contributed by atoms with Gasteiger partial charge < -0.3 is 9.64 Å². The highest BCUT2D eigenvalue weighted by atomic mass is 16.5. The summed E-state index contributed by atoms with van der Waals surface area (Å²) in [6.45, 7) is 5.52. The molecular formula is C16H25N3O2. The van der Waals surface area contributed by atoms with Crippen molar-refractivity contribution in [2.75, 3.05) is 27.8 Å². The van der Waals surface area contributed by atoms with Crippen LogP contribution in [0.15, 0.2) is 11.8 Å². The van der Waals surface area contributed by atoms with Crippen LogP contribution in [-0.4, -0.2) is 48.3 Å². The number of carbonyl (C=O) groups is 1. The number of carbonyl (C=O) groups excluding carboxylic acids is 1. The van der Waals surface area contributed by atoms with Crippen molar-refractivity contribution >= 4 is 5.78 Å². The molecule has 0 aliphatic heterocycles. The van der Waals surface area contributed by atoms with E-state index in [4.69, 9.17) is 4.74 Å². The maximum absolute atomic E-state index is 12.8. The van der Waals surface area contributed by atoms with Gasteiger partial charge in [0.1, 0.15) is 0 Å². The molecule has 5 heteroatoms. The first-order chi connectivity index (χ1) is 9.95. The maximum atomic E-state index is 12.8. The molecule has 0 amide bonds. The van der Waals surface area contributed by atoms with E-state index in [0.717, 1.165) is 35.4 Å². The Kier molecular flexibility index (Phi) is 4.83. The van der Waals surface area contributed by atoms with Crippen molar-refractivity contribution in [3.8, 4) is 0 Å². The molecule has 5 nitrogen and oxygen atoms in total. The molecule has 21 heavy (non-hydrogen) atoms. The molecule has 2 rings (SSSR count). The van der Waals surface area contributed by atoms with Gasteiger partial charge in [0, 0.05) is 33.0 Å². The van der Waals surface area contributed by atoms with Crippen LogP contribution in [0.25, 0.3) is 0 Å². The molecule has 0 N–H and O–H groups in total. The van der Waals surface area contributed by atoms with Crippen LogP contribution in [0.2, 0.25) is 0 Å². The zero-order valence-corrected chi connectivity index (χ0v) is 13.6. The van der Waals surface area contributed by atoms with Crippen molar-refractivity contribution in [1.29, 1.82) is 0 Å². The zero-order valence-electron chi connectivity index (χ0n) is 13.6. The number of methoxy groups -OCH3 is 1. The minimum Gasteiger partial charge on any atom is -0.383 e. The summed E-state index contributed by atoms with van der Waals surface area (Å²) >= 11 is 0. The van der Waals surface area contributed by atoms with E-state index in [2.05, 4.69) is 18.9 Å². The molecule has 1 heterocycles. The average Bonchev–Trinajstić information content (AvgIpc) is 2.78. The third kappa shape index (κ3) is 3.18. The fourth-order valence-corrected chi connectivity index (χ4v) is 2.85. The lowest BCUT2D eigenvalue weighted by molar-refractivity contribution is 0.102. The molecule has 0 saturated carbocycles. The van der Waals surface area contributed by atoms with E-state index in [0.29, 0.717) is 13.2 Å². The number of nitrogens with zero attached hydrogens (tertiary/aromatic N) is 3. The monoisotopic (exact) mass is 291 g/mol. The van der Waals surface area contributed by atoms with E-state index in [1.54, 1.807) is 7.11 Å². The Morgan fingerprint density at radius 2 is 2.10 bits per heavy atom. The number of allylic oxidation sites excluding steroid dienone is 1. The number of rotatable bonds is 5. The van der Waals surface area contributed by atoms with E-state index < -0.39 is 0 Å². The van der Waals surface area contributed by atoms with E-state index >= 15 is 0 Å². The van der Waals surface area contributed by atoms with Crippen LogP contribution >= 0.6 is 0 Å². The van der Waals surface area contributed by atoms with Gasteiger partial charge in [-0.15, -0.1) is 0 Å². The Morgan fingerprint density at radius 1 is 1.38 bits per heavy atom. The van der Waals surface area contributed by atoms with Crippen molar-refractivity contribution in [1.82, 2.24) is 14.7 Å². The van der Waals surface area contributed by atoms with Gasteiger partial charge in [0.25, 0.3) is 0 Å². The van der Waals surface area contributed by atoms with Crippen LogP contribution in [0, 0.1) is 0 Å². The summed E-state index contributed by atoms with van der Waals surface area (Å²) in [5, 5.41) is 4.65. The predicted molar refractivity (Wildman–Crippen MR) is 82.6 cm³/mol. The number of hydrogen-bond acceptors (Lipinski definition) is 4. The molecule has 0 radical (unpaired) electrons. The number of Topliss-reactive ketones (excluding diaryl/α,β-unsaturated/α-hetero) is 1. The zero-order chi connectivity index (χ0) is 15.6. The van der Waals surface area contributed by atoms with Crippen molar-refractivity contribution in [2.24, 2.45) is 0 Å². The molecule has 1 aromatic rings. The second-order valence-corrected chi connectivity index (χ2v) is 6.02. The Labute approximate surface area is 126 Å². The summed E-state index contributed by atoms with van der Waals surface area (Å²) < 4.78 is 7.10. The summed E-state index contributed by atoms with van der Waals surface area (Å²) in [5.74, 6) is 0.401. The van der Waals surface area contributed by atoms with Crippen LogP contribution in [0.4, 0.5) is 0 Å². The fourth-order valence-electron chi connectivity index (χ4n) is 2.85. The lowest BCUT2D eigenvalue weighted by Gasteiger charge is -2.17. The number of aryl methyl sites for hydroxylation is 1. The Hall–Kier alpha value is -1.62. The van der Waals surface area contributed by atoms with E-state index in [1.807, 2.05) is 29.9 Å². The first kappa shape index (κ1) is 15.8. The largest absolute Gasteiger partial charge is 0.383 e. The summed E-state index contributed by atoms with van der Waals surface area (Å²) in [4.78, 5) is 14.7. The van der Waals surface area contributed by atoms with Crippen LogP contribution in [0.1, 0.15) is 47.9 Å². The number of hydrogen-bond donors (Lipinski definition) is 0. The van der Waals surface area contributed by atoms with Crippen LogP contribution in [-0.2, 0) is 17.7 Å². The molecule has 0 saturated heterocycles. The molecule has 0 atom stereocenters. The lowest BCUT2D eigenvalue weighted by Crippen LogP contribution is -2.18. The van der Waals surface area contributed by atoms with Gasteiger partial charge in [0.2, 0.25) is 0 Å². The highest BCUT2D eigenvalue weighted by Crippen LogP contribution is 2.31. The molecule has 1 aromatic heterocycles. The van der Waals surface area contributed by atoms with Gasteiger partial charge in [-0.05, 0) is 18.8 Å². The second kappa shape index (κ2) is 6.43. The topological polar surface area (TPSA) is 47.4 Å². The van der Waals surface area contributed by atoms with Gasteiger partial charge in [-0.25, -0.2) is 0 Å². The lowest BCUT2D eigenvalue weighted by atomic mass is 9.88. The highest BCUT2D eigenvalue weighted by molar-refractivity contribution is 6.11. The third-order valence-corrected chi connectivity index (χ3v) is 3.68. The smallest absolute Gasteiger partial charge is 0.194 e. The normalized spacial score (nSPS) is 16.7. The summed E-state index contributed by atoms with van der Waals surface area (Å²) in [6.07, 6.45) is 3.53. The van der Waals surface area contributed by atoms with Gasteiger partial charge in [-0.1, -0.05) is 13.8 Å². The van der Waals surface area contributed by atoms with Gasteiger partial charge in [0.15, 0.2) is 5.78 Å². The maximum Gasteiger partial charge on any atom is 0.194 e. The number of ether oxygens (including phenoxy) is 1. The number of fused-ring (bicyclic) bond motifs is 1. The Bertz CT molecular complexity index is 556. The molecule has 0 aromatic carbocycles. The van der Waals surface area contributed by atoms with E-state index in [1.165, 1.54) is 0 Å². The first-order valence-electron chi connectivity index (χ1n) is 7.46. The van der Waals surface area contributed by atoms with Crippen molar-refractivity contribution in [3.63, 3.8) is 0 Å². The van der Waals surface area contributed by atoms with Crippen LogP contribution in [0.5, 0.6) is 0 Å². The number of aromatic nitrogens is 2. The first-order valence-corrected chi connectivity index (χ1v) is 7.46. The van der Waals surface area contributed by atoms with Gasteiger partial charge in [-0.3, -0.25) is 9.48 Å².